The van der Waals surface area contributed by atoms with E-state index < -0.39 is 47.7 Å². The van der Waals surface area contributed by atoms with E-state index in [9.17, 15) is 24.0 Å². The molecule has 3 unspecified atom stereocenters. The van der Waals surface area contributed by atoms with Gasteiger partial charge in [-0.3, -0.25) is 24.0 Å². The Morgan fingerprint density at radius 3 is 2.33 bits per heavy atom. The van der Waals surface area contributed by atoms with Gasteiger partial charge >= 0.3 is 0 Å². The van der Waals surface area contributed by atoms with Gasteiger partial charge in [0.05, 0.1) is 49.2 Å². The van der Waals surface area contributed by atoms with Crippen molar-refractivity contribution < 1.29 is 37.8 Å². The molecule has 4 rings (SSSR count). The summed E-state index contributed by atoms with van der Waals surface area (Å²) < 4.78 is 27.8. The summed E-state index contributed by atoms with van der Waals surface area (Å²) in [7, 11) is 6.04. The van der Waals surface area contributed by atoms with Gasteiger partial charge in [-0.2, -0.15) is 0 Å². The van der Waals surface area contributed by atoms with Crippen LogP contribution in [0.15, 0.2) is 41.9 Å². The third-order valence-corrected chi connectivity index (χ3v) is 12.8. The number of ether oxygens (including phenoxy) is 2. The highest BCUT2D eigenvalue weighted by atomic mass is 32.1. The van der Waals surface area contributed by atoms with Crippen LogP contribution in [0.4, 0.5) is 9.18 Å². The lowest BCUT2D eigenvalue weighted by molar-refractivity contribution is -0.148. The number of thiazole rings is 1. The highest BCUT2D eigenvalue weighted by molar-refractivity contribution is 7.09. The fraction of sp³-hybridized carbons (Fsp3) is 0.659. The van der Waals surface area contributed by atoms with E-state index in [1.54, 1.807) is 39.1 Å². The van der Waals surface area contributed by atoms with Crippen LogP contribution in [0.25, 0.3) is 0 Å². The number of rotatable bonds is 19. The SMILES string of the molecule is BC(=O)N1CCC(F)(C(=O)N[C@H](C(=O)N(C)[C@@H]([C@@H](C)CC)[C@@H](CC(=O)N2CCC[C@H]2C(OC)C(C)C(=O)N[C@@H](Cc2ccccc2)c2nccs2)OC)C(C)C)C1. The minimum atomic E-state index is -2.30. The molecule has 0 spiro atoms. The average molecular weight is 813 g/mol. The van der Waals surface area contributed by atoms with E-state index in [1.807, 2.05) is 56.5 Å². The van der Waals surface area contributed by atoms with Crippen molar-refractivity contribution >= 4 is 48.6 Å². The van der Waals surface area contributed by atoms with Gasteiger partial charge in [0.15, 0.2) is 5.81 Å². The molecule has 3 heterocycles. The number of likely N-dealkylation sites (N-methyl/N-ethyl adjacent to an activating group) is 1. The van der Waals surface area contributed by atoms with Crippen molar-refractivity contribution in [3.8, 4) is 0 Å². The highest BCUT2D eigenvalue weighted by Gasteiger charge is 2.48. The lowest BCUT2D eigenvalue weighted by Gasteiger charge is -2.41. The predicted octanol–water partition coefficient (Wildman–Crippen LogP) is 3.77. The van der Waals surface area contributed by atoms with Crippen molar-refractivity contribution in [3.05, 3.63) is 52.5 Å². The zero-order valence-electron chi connectivity index (χ0n) is 35.0. The van der Waals surface area contributed by atoms with E-state index in [0.717, 1.165) is 17.0 Å². The maximum atomic E-state index is 15.8. The molecule has 2 saturated heterocycles. The number of hydrogen-bond donors (Lipinski definition) is 2. The molecule has 2 aliphatic rings. The standard InChI is InChI=1S/C41H62BFN6O7S/c1-9-26(4)34(47(6)38(52)33(25(2)3)46-39(53)41(43)17-20-48(24-41)40(42)54)31(55-7)23-32(50)49-19-13-16-30(49)35(56-8)27(5)36(51)45-29(37-44-18-21-57-37)22-28-14-11-10-12-15-28/h10-12,14-15,18,21,25-27,29-31,33-35H,9,13,16-17,19-20,22-24,42H2,1-8H3,(H,45,51)(H,46,53)/t26-,27?,29-,30-,31+,33-,34-,35?,41?/m0/s1. The van der Waals surface area contributed by atoms with Gasteiger partial charge < -0.3 is 34.8 Å². The molecule has 2 fully saturated rings. The number of hydrogen-bond acceptors (Lipinski definition) is 9. The average Bonchev–Trinajstić information content (AvgIpc) is 3.99. The number of amides is 5. The zero-order chi connectivity index (χ0) is 42.0. The van der Waals surface area contributed by atoms with Crippen LogP contribution >= 0.6 is 11.3 Å². The number of alkyl halides is 1. The second kappa shape index (κ2) is 20.7. The van der Waals surface area contributed by atoms with Crippen molar-refractivity contribution in [3.63, 3.8) is 0 Å². The van der Waals surface area contributed by atoms with Gasteiger partial charge in [-0.05, 0) is 36.7 Å². The first kappa shape index (κ1) is 45.8. The van der Waals surface area contributed by atoms with Crippen molar-refractivity contribution in [1.29, 1.82) is 0 Å². The number of nitrogens with zero attached hydrogens (tertiary/aromatic N) is 4. The molecular weight excluding hydrogens is 750 g/mol. The van der Waals surface area contributed by atoms with Crippen LogP contribution in [0.2, 0.25) is 0 Å². The molecule has 0 saturated carbocycles. The van der Waals surface area contributed by atoms with Gasteiger partial charge in [0.1, 0.15) is 11.0 Å². The van der Waals surface area contributed by atoms with Crippen LogP contribution in [-0.2, 0) is 35.1 Å². The van der Waals surface area contributed by atoms with Gasteiger partial charge in [-0.25, -0.2) is 9.37 Å². The molecule has 0 radical (unpaired) electrons. The molecule has 16 heteroatoms. The maximum absolute atomic E-state index is 15.8. The Balaban J connectivity index is 1.47. The molecule has 13 nitrogen and oxygen atoms in total. The van der Waals surface area contributed by atoms with Crippen molar-refractivity contribution in [2.24, 2.45) is 17.8 Å². The predicted molar refractivity (Wildman–Crippen MR) is 220 cm³/mol. The normalized spacial score (nSPS) is 22.0. The number of likely N-dealkylation sites (tertiary alicyclic amines) is 2. The smallest absolute Gasteiger partial charge is 0.260 e. The third-order valence-electron chi connectivity index (χ3n) is 11.9. The van der Waals surface area contributed by atoms with E-state index in [0.29, 0.717) is 25.8 Å². The molecule has 9 atom stereocenters. The fourth-order valence-corrected chi connectivity index (χ4v) is 8.99. The second-order valence-corrected chi connectivity index (χ2v) is 17.0. The van der Waals surface area contributed by atoms with Gasteiger partial charge in [-0.15, -0.1) is 11.3 Å². The number of nitrogens with one attached hydrogen (secondary N) is 2. The van der Waals surface area contributed by atoms with Crippen LogP contribution in [0.5, 0.6) is 0 Å². The van der Waals surface area contributed by atoms with Crippen molar-refractivity contribution in [1.82, 2.24) is 30.3 Å². The number of carbonyl (C=O) groups is 5. The molecule has 2 aromatic rings. The Bertz CT molecular complexity index is 1660. The first-order valence-electron chi connectivity index (χ1n) is 20.2. The van der Waals surface area contributed by atoms with Gasteiger partial charge in [-0.1, -0.05) is 71.4 Å². The van der Waals surface area contributed by atoms with Crippen LogP contribution in [0.3, 0.4) is 0 Å². The number of aromatic nitrogens is 1. The van der Waals surface area contributed by atoms with Gasteiger partial charge in [0.2, 0.25) is 31.2 Å². The van der Waals surface area contributed by atoms with E-state index in [4.69, 9.17) is 9.47 Å². The molecule has 57 heavy (non-hydrogen) atoms. The summed E-state index contributed by atoms with van der Waals surface area (Å²) in [5, 5.41) is 8.56. The lowest BCUT2D eigenvalue weighted by atomic mass is 9.89. The van der Waals surface area contributed by atoms with Gasteiger partial charge in [0, 0.05) is 52.4 Å². The molecule has 1 aromatic carbocycles. The van der Waals surface area contributed by atoms with Gasteiger partial charge in [0.25, 0.3) is 5.91 Å². The van der Waals surface area contributed by atoms with Crippen LogP contribution in [0.1, 0.15) is 83.3 Å². The summed E-state index contributed by atoms with van der Waals surface area (Å²) in [6, 6.07) is 7.61. The molecular formula is C41H62BFN6O7S. The summed E-state index contributed by atoms with van der Waals surface area (Å²) in [5.41, 5.74) is -1.23. The first-order valence-corrected chi connectivity index (χ1v) is 21.0. The topological polar surface area (TPSA) is 150 Å². The Morgan fingerprint density at radius 2 is 1.77 bits per heavy atom. The van der Waals surface area contributed by atoms with E-state index >= 15 is 4.39 Å². The minimum Gasteiger partial charge on any atom is -0.379 e. The minimum absolute atomic E-state index is 0.0347. The first-order chi connectivity index (χ1) is 27.1. The molecule has 314 valence electrons. The molecule has 0 bridgehead atoms. The Morgan fingerprint density at radius 1 is 1.07 bits per heavy atom. The molecule has 2 aliphatic heterocycles. The Kier molecular flexibility index (Phi) is 16.6. The number of benzene rings is 1. The van der Waals surface area contributed by atoms with Crippen molar-refractivity contribution in [2.75, 3.05) is 40.9 Å². The monoisotopic (exact) mass is 812 g/mol. The maximum Gasteiger partial charge on any atom is 0.260 e. The van der Waals surface area contributed by atoms with Crippen LogP contribution in [-0.4, -0.2) is 134 Å². The third kappa shape index (κ3) is 11.2. The Hall–Kier alpha value is -3.89. The van der Waals surface area contributed by atoms with E-state index in [2.05, 4.69) is 15.6 Å². The Labute approximate surface area is 342 Å². The fourth-order valence-electron chi connectivity index (χ4n) is 8.30. The largest absolute Gasteiger partial charge is 0.379 e. The molecule has 1 aromatic heterocycles. The summed E-state index contributed by atoms with van der Waals surface area (Å²) in [5.74, 6) is -3.13. The van der Waals surface area contributed by atoms with Crippen LogP contribution in [0, 0.1) is 17.8 Å². The number of halogens is 1. The number of methoxy groups -OCH3 is 2. The molecule has 0 aliphatic carbocycles. The molecule has 5 amide bonds. The summed E-state index contributed by atoms with van der Waals surface area (Å²) in [4.78, 5) is 76.6. The summed E-state index contributed by atoms with van der Waals surface area (Å²) in [6.45, 7) is 9.59. The highest BCUT2D eigenvalue weighted by Crippen LogP contribution is 2.31. The number of carbonyl (C=O) groups excluding carboxylic acids is 5. The van der Waals surface area contributed by atoms with E-state index in [-0.39, 0.29) is 67.5 Å². The summed E-state index contributed by atoms with van der Waals surface area (Å²) >= 11 is 1.48. The lowest BCUT2D eigenvalue weighted by Crippen LogP contribution is -2.60. The quantitative estimate of drug-likeness (QED) is 0.204. The second-order valence-electron chi connectivity index (χ2n) is 16.1. The van der Waals surface area contributed by atoms with Crippen LogP contribution < -0.4 is 10.6 Å². The zero-order valence-corrected chi connectivity index (χ0v) is 35.9. The molecule has 2 N–H and O–H groups in total. The summed E-state index contributed by atoms with van der Waals surface area (Å²) in [6.07, 6.45) is 2.88. The van der Waals surface area contributed by atoms with Crippen molar-refractivity contribution in [2.45, 2.75) is 115 Å². The van der Waals surface area contributed by atoms with E-state index in [1.165, 1.54) is 36.1 Å².